The molecule has 1 aromatic rings. The Hall–Kier alpha value is -0.830. The van der Waals surface area contributed by atoms with Gasteiger partial charge in [-0.05, 0) is 57.6 Å². The molecule has 0 bridgehead atoms. The molecule has 3 heteroatoms. The van der Waals surface area contributed by atoms with Crippen LogP contribution in [0.5, 0.6) is 0 Å². The van der Waals surface area contributed by atoms with Crippen molar-refractivity contribution in [1.82, 2.24) is 15.1 Å². The molecule has 1 N–H and O–H groups in total. The van der Waals surface area contributed by atoms with Gasteiger partial charge in [-0.1, -0.05) is 26.7 Å². The topological polar surface area (TPSA) is 29.9 Å². The van der Waals surface area contributed by atoms with Crippen LogP contribution in [-0.4, -0.2) is 22.4 Å². The van der Waals surface area contributed by atoms with E-state index in [0.717, 1.165) is 31.8 Å². The minimum atomic E-state index is 0.702. The van der Waals surface area contributed by atoms with E-state index in [-0.39, 0.29) is 0 Å². The van der Waals surface area contributed by atoms with Crippen molar-refractivity contribution >= 4 is 0 Å². The molecule has 1 unspecified atom stereocenters. The van der Waals surface area contributed by atoms with Crippen LogP contribution in [0.15, 0.2) is 6.07 Å². The van der Waals surface area contributed by atoms with Gasteiger partial charge in [-0.25, -0.2) is 0 Å². The van der Waals surface area contributed by atoms with Gasteiger partial charge in [0.25, 0.3) is 0 Å². The predicted octanol–water partition coefficient (Wildman–Crippen LogP) is 3.57. The van der Waals surface area contributed by atoms with Crippen molar-refractivity contribution < 1.29 is 0 Å². The van der Waals surface area contributed by atoms with Crippen LogP contribution in [0.3, 0.4) is 0 Å². The van der Waals surface area contributed by atoms with E-state index in [2.05, 4.69) is 41.9 Å². The van der Waals surface area contributed by atoms with E-state index in [1.165, 1.54) is 43.5 Å². The number of aromatic nitrogens is 2. The van der Waals surface area contributed by atoms with Crippen molar-refractivity contribution in [3.8, 4) is 0 Å². The van der Waals surface area contributed by atoms with E-state index in [1.807, 2.05) is 0 Å². The first-order valence-corrected chi connectivity index (χ1v) is 8.57. The van der Waals surface area contributed by atoms with Gasteiger partial charge in [0.15, 0.2) is 0 Å². The monoisotopic (exact) mass is 277 g/mol. The van der Waals surface area contributed by atoms with Crippen LogP contribution in [0.25, 0.3) is 0 Å². The summed E-state index contributed by atoms with van der Waals surface area (Å²) in [5.41, 5.74) is 2.66. The number of aryl methyl sites for hydroxylation is 3. The van der Waals surface area contributed by atoms with Crippen LogP contribution in [0.2, 0.25) is 0 Å². The third-order valence-corrected chi connectivity index (χ3v) is 4.72. The van der Waals surface area contributed by atoms with Gasteiger partial charge in [-0.2, -0.15) is 5.10 Å². The van der Waals surface area contributed by atoms with Crippen molar-refractivity contribution in [2.24, 2.45) is 5.92 Å². The summed E-state index contributed by atoms with van der Waals surface area (Å²) >= 11 is 0. The van der Waals surface area contributed by atoms with E-state index in [9.17, 15) is 0 Å². The Balaban J connectivity index is 1.95. The molecule has 1 aromatic heterocycles. The lowest BCUT2D eigenvalue weighted by Gasteiger charge is -2.24. The van der Waals surface area contributed by atoms with Crippen LogP contribution in [0.4, 0.5) is 0 Å². The molecule has 114 valence electrons. The van der Waals surface area contributed by atoms with E-state index < -0.39 is 0 Å². The van der Waals surface area contributed by atoms with E-state index >= 15 is 0 Å². The third kappa shape index (κ3) is 3.85. The minimum Gasteiger partial charge on any atom is -0.314 e. The summed E-state index contributed by atoms with van der Waals surface area (Å²) in [5.74, 6) is 0.901. The third-order valence-electron chi connectivity index (χ3n) is 4.72. The summed E-state index contributed by atoms with van der Waals surface area (Å²) in [5, 5.41) is 8.39. The molecule has 1 fully saturated rings. The molecular weight excluding hydrogens is 246 g/mol. The Morgan fingerprint density at radius 3 is 2.65 bits per heavy atom. The Morgan fingerprint density at radius 1 is 1.30 bits per heavy atom. The van der Waals surface area contributed by atoms with Crippen LogP contribution >= 0.6 is 0 Å². The molecule has 3 nitrogen and oxygen atoms in total. The molecular formula is C17H31N3. The van der Waals surface area contributed by atoms with Crippen LogP contribution < -0.4 is 5.32 Å². The van der Waals surface area contributed by atoms with Gasteiger partial charge in [0, 0.05) is 18.3 Å². The van der Waals surface area contributed by atoms with Gasteiger partial charge in [0.05, 0.1) is 5.69 Å². The van der Waals surface area contributed by atoms with Crippen LogP contribution in [-0.2, 0) is 19.4 Å². The molecule has 0 saturated heterocycles. The summed E-state index contributed by atoms with van der Waals surface area (Å²) in [6.45, 7) is 8.69. The van der Waals surface area contributed by atoms with Crippen molar-refractivity contribution in [1.29, 1.82) is 0 Å². The second kappa shape index (κ2) is 7.82. The van der Waals surface area contributed by atoms with Crippen LogP contribution in [0, 0.1) is 5.92 Å². The Labute approximate surface area is 124 Å². The Kier molecular flexibility index (Phi) is 6.08. The lowest BCUT2D eigenvalue weighted by Crippen LogP contribution is -2.35. The molecule has 1 aliphatic carbocycles. The van der Waals surface area contributed by atoms with Crippen molar-refractivity contribution in [2.45, 2.75) is 78.3 Å². The zero-order chi connectivity index (χ0) is 14.4. The van der Waals surface area contributed by atoms with Gasteiger partial charge in [-0.3, -0.25) is 4.68 Å². The molecule has 20 heavy (non-hydrogen) atoms. The predicted molar refractivity (Wildman–Crippen MR) is 85.0 cm³/mol. The summed E-state index contributed by atoms with van der Waals surface area (Å²) < 4.78 is 2.19. The molecule has 2 rings (SSSR count). The molecule has 0 amide bonds. The maximum atomic E-state index is 4.66. The fourth-order valence-corrected chi connectivity index (χ4v) is 3.59. The van der Waals surface area contributed by atoms with Crippen molar-refractivity contribution in [3.05, 3.63) is 17.5 Å². The minimum absolute atomic E-state index is 0.702. The number of hydrogen-bond donors (Lipinski definition) is 1. The average molecular weight is 277 g/mol. The molecule has 1 heterocycles. The highest BCUT2D eigenvalue weighted by molar-refractivity contribution is 5.11. The van der Waals surface area contributed by atoms with Crippen molar-refractivity contribution in [2.75, 3.05) is 6.54 Å². The number of hydrogen-bond acceptors (Lipinski definition) is 2. The molecule has 0 aromatic carbocycles. The zero-order valence-corrected chi connectivity index (χ0v) is 13.5. The van der Waals surface area contributed by atoms with Gasteiger partial charge >= 0.3 is 0 Å². The van der Waals surface area contributed by atoms with E-state index in [0.29, 0.717) is 6.04 Å². The SMILES string of the molecule is CCNC(CCc1cc(CC)nn1CC)C1CCCC1. The highest BCUT2D eigenvalue weighted by Crippen LogP contribution is 2.29. The normalized spacial score (nSPS) is 17.8. The first-order valence-electron chi connectivity index (χ1n) is 8.57. The molecule has 1 saturated carbocycles. The first-order chi connectivity index (χ1) is 9.78. The molecule has 0 aliphatic heterocycles. The molecule has 1 atom stereocenters. The van der Waals surface area contributed by atoms with Crippen molar-refractivity contribution in [3.63, 3.8) is 0 Å². The maximum absolute atomic E-state index is 4.66. The largest absolute Gasteiger partial charge is 0.314 e. The van der Waals surface area contributed by atoms with Crippen LogP contribution in [0.1, 0.15) is 64.3 Å². The highest BCUT2D eigenvalue weighted by Gasteiger charge is 2.24. The number of nitrogens with one attached hydrogen (secondary N) is 1. The lowest BCUT2D eigenvalue weighted by atomic mass is 9.93. The van der Waals surface area contributed by atoms with E-state index in [4.69, 9.17) is 0 Å². The fourth-order valence-electron chi connectivity index (χ4n) is 3.59. The lowest BCUT2D eigenvalue weighted by molar-refractivity contribution is 0.343. The smallest absolute Gasteiger partial charge is 0.0624 e. The molecule has 0 radical (unpaired) electrons. The second-order valence-corrected chi connectivity index (χ2v) is 6.04. The number of rotatable bonds is 8. The standard InChI is InChI=1S/C17H31N3/c1-4-15-13-16(20(6-3)19-15)11-12-17(18-5-2)14-9-7-8-10-14/h13-14,17-18H,4-12H2,1-3H3. The summed E-state index contributed by atoms with van der Waals surface area (Å²) in [4.78, 5) is 0. The summed E-state index contributed by atoms with van der Waals surface area (Å²) in [6.07, 6.45) is 9.16. The maximum Gasteiger partial charge on any atom is 0.0624 e. The average Bonchev–Trinajstić information content (AvgIpc) is 3.12. The molecule has 0 spiro atoms. The van der Waals surface area contributed by atoms with Gasteiger partial charge in [0.1, 0.15) is 0 Å². The number of nitrogens with zero attached hydrogens (tertiary/aromatic N) is 2. The first kappa shape index (κ1) is 15.6. The van der Waals surface area contributed by atoms with Gasteiger partial charge in [-0.15, -0.1) is 0 Å². The molecule has 1 aliphatic rings. The van der Waals surface area contributed by atoms with Gasteiger partial charge < -0.3 is 5.32 Å². The second-order valence-electron chi connectivity index (χ2n) is 6.04. The highest BCUT2D eigenvalue weighted by atomic mass is 15.3. The summed E-state index contributed by atoms with van der Waals surface area (Å²) in [6, 6.07) is 3.01. The fraction of sp³-hybridized carbons (Fsp3) is 0.824. The summed E-state index contributed by atoms with van der Waals surface area (Å²) in [7, 11) is 0. The Morgan fingerprint density at radius 2 is 2.05 bits per heavy atom. The van der Waals surface area contributed by atoms with E-state index in [1.54, 1.807) is 0 Å². The quantitative estimate of drug-likeness (QED) is 0.787. The Bertz CT molecular complexity index is 391. The van der Waals surface area contributed by atoms with Gasteiger partial charge in [0.2, 0.25) is 0 Å². The zero-order valence-electron chi connectivity index (χ0n) is 13.5.